The minimum absolute atomic E-state index is 0. The second-order valence-corrected chi connectivity index (χ2v) is 9.65. The van der Waals surface area contributed by atoms with Crippen LogP contribution < -0.4 is 5.32 Å². The van der Waals surface area contributed by atoms with Crippen LogP contribution >= 0.6 is 24.0 Å². The summed E-state index contributed by atoms with van der Waals surface area (Å²) < 4.78 is 31.7. The molecule has 0 atom stereocenters. The Bertz CT molecular complexity index is 847. The van der Waals surface area contributed by atoms with E-state index in [9.17, 15) is 13.2 Å². The lowest BCUT2D eigenvalue weighted by Gasteiger charge is -2.33. The number of ether oxygens (including phenoxy) is 1. The fraction of sp³-hybridized carbons (Fsp3) is 0.619. The molecule has 2 saturated heterocycles. The molecule has 0 amide bonds. The van der Waals surface area contributed by atoms with Crippen LogP contribution in [0.3, 0.4) is 0 Å². The van der Waals surface area contributed by atoms with Crippen LogP contribution in [0, 0.1) is 5.92 Å². The van der Waals surface area contributed by atoms with E-state index in [1.54, 1.807) is 16.4 Å². The van der Waals surface area contributed by atoms with Crippen molar-refractivity contribution in [1.29, 1.82) is 0 Å². The standard InChI is InChI=1S/C21H32N4O4S.HI/c1-3-22-21(24-14-10-18(11-15-24)20(26)29-2)23-16-17-6-8-19(9-7-17)30(27,28)25-12-4-5-13-25;/h6-9,18H,3-5,10-16H2,1-2H3,(H,22,23);1H. The number of hydrogen-bond donors (Lipinski definition) is 1. The minimum atomic E-state index is -3.39. The molecule has 2 fully saturated rings. The summed E-state index contributed by atoms with van der Waals surface area (Å²) >= 11 is 0. The van der Waals surface area contributed by atoms with Gasteiger partial charge in [-0.05, 0) is 50.3 Å². The van der Waals surface area contributed by atoms with E-state index in [0.29, 0.717) is 24.5 Å². The number of nitrogens with one attached hydrogen (secondary N) is 1. The molecule has 174 valence electrons. The van der Waals surface area contributed by atoms with E-state index in [0.717, 1.165) is 56.8 Å². The maximum Gasteiger partial charge on any atom is 0.308 e. The molecule has 0 spiro atoms. The number of carbonyl (C=O) groups excluding carboxylic acids is 1. The van der Waals surface area contributed by atoms with Crippen LogP contribution in [0.15, 0.2) is 34.2 Å². The third-order valence-corrected chi connectivity index (χ3v) is 7.61. The van der Waals surface area contributed by atoms with E-state index in [-0.39, 0.29) is 35.9 Å². The molecule has 3 rings (SSSR count). The molecular formula is C21H33IN4O4S. The summed E-state index contributed by atoms with van der Waals surface area (Å²) in [6.45, 7) is 5.94. The molecule has 1 N–H and O–H groups in total. The monoisotopic (exact) mass is 564 g/mol. The average molecular weight is 564 g/mol. The normalized spacial score (nSPS) is 18.5. The van der Waals surface area contributed by atoms with E-state index < -0.39 is 10.0 Å². The van der Waals surface area contributed by atoms with Crippen molar-refractivity contribution in [2.24, 2.45) is 10.9 Å². The number of aliphatic imine (C=N–C) groups is 1. The van der Waals surface area contributed by atoms with Crippen LogP contribution in [0.25, 0.3) is 0 Å². The molecule has 2 heterocycles. The maximum atomic E-state index is 12.6. The quantitative estimate of drug-likeness (QED) is 0.247. The highest BCUT2D eigenvalue weighted by Gasteiger charge is 2.28. The van der Waals surface area contributed by atoms with Crippen LogP contribution in [-0.4, -0.2) is 69.4 Å². The van der Waals surface area contributed by atoms with Gasteiger partial charge in [-0.1, -0.05) is 12.1 Å². The van der Waals surface area contributed by atoms with Gasteiger partial charge in [0.25, 0.3) is 0 Å². The molecule has 2 aliphatic rings. The Labute approximate surface area is 202 Å². The van der Waals surface area contributed by atoms with Crippen LogP contribution in [0.4, 0.5) is 0 Å². The summed E-state index contributed by atoms with van der Waals surface area (Å²) in [4.78, 5) is 19.0. The topological polar surface area (TPSA) is 91.3 Å². The highest BCUT2D eigenvalue weighted by Crippen LogP contribution is 2.22. The predicted molar refractivity (Wildman–Crippen MR) is 131 cm³/mol. The number of benzene rings is 1. The fourth-order valence-electron chi connectivity index (χ4n) is 3.93. The molecule has 8 nitrogen and oxygen atoms in total. The number of piperidine rings is 1. The van der Waals surface area contributed by atoms with E-state index in [2.05, 4.69) is 10.2 Å². The van der Waals surface area contributed by atoms with Gasteiger partial charge in [-0.25, -0.2) is 13.4 Å². The smallest absolute Gasteiger partial charge is 0.308 e. The Morgan fingerprint density at radius 2 is 1.74 bits per heavy atom. The van der Waals surface area contributed by atoms with Gasteiger partial charge in [-0.2, -0.15) is 4.31 Å². The third kappa shape index (κ3) is 6.55. The SMILES string of the molecule is CCNC(=NCc1ccc(S(=O)(=O)N2CCCC2)cc1)N1CCC(C(=O)OC)CC1.I. The van der Waals surface area contributed by atoms with E-state index in [1.807, 2.05) is 19.1 Å². The predicted octanol–water partition coefficient (Wildman–Crippen LogP) is 2.44. The van der Waals surface area contributed by atoms with Crippen molar-refractivity contribution in [3.05, 3.63) is 29.8 Å². The number of carbonyl (C=O) groups is 1. The van der Waals surface area contributed by atoms with E-state index in [1.165, 1.54) is 7.11 Å². The zero-order valence-corrected chi connectivity index (χ0v) is 21.4. The molecule has 0 saturated carbocycles. The summed E-state index contributed by atoms with van der Waals surface area (Å²) in [7, 11) is -1.96. The van der Waals surface area contributed by atoms with Gasteiger partial charge in [-0.15, -0.1) is 24.0 Å². The Kier molecular flexibility index (Phi) is 10.0. The van der Waals surface area contributed by atoms with Gasteiger partial charge >= 0.3 is 5.97 Å². The van der Waals surface area contributed by atoms with E-state index >= 15 is 0 Å². The van der Waals surface area contributed by atoms with Crippen molar-refractivity contribution in [1.82, 2.24) is 14.5 Å². The number of esters is 1. The first-order chi connectivity index (χ1) is 14.5. The number of hydrogen-bond acceptors (Lipinski definition) is 5. The van der Waals surface area contributed by atoms with Crippen molar-refractivity contribution in [2.75, 3.05) is 39.8 Å². The van der Waals surface area contributed by atoms with Crippen molar-refractivity contribution >= 4 is 45.9 Å². The molecule has 0 bridgehead atoms. The summed E-state index contributed by atoms with van der Waals surface area (Å²) in [5.74, 6) is 0.634. The summed E-state index contributed by atoms with van der Waals surface area (Å²) in [6.07, 6.45) is 3.35. The minimum Gasteiger partial charge on any atom is -0.469 e. The Hall–Kier alpha value is -1.40. The highest BCUT2D eigenvalue weighted by molar-refractivity contribution is 14.0. The van der Waals surface area contributed by atoms with Crippen LogP contribution in [0.5, 0.6) is 0 Å². The first-order valence-corrected chi connectivity index (χ1v) is 12.1. The second kappa shape index (κ2) is 12.0. The first-order valence-electron chi connectivity index (χ1n) is 10.7. The molecule has 0 aromatic heterocycles. The van der Waals surface area contributed by atoms with Gasteiger partial charge in [0.15, 0.2) is 5.96 Å². The highest BCUT2D eigenvalue weighted by atomic mass is 127. The number of guanidine groups is 1. The Morgan fingerprint density at radius 3 is 2.29 bits per heavy atom. The zero-order chi connectivity index (χ0) is 21.6. The summed E-state index contributed by atoms with van der Waals surface area (Å²) in [6, 6.07) is 7.01. The second-order valence-electron chi connectivity index (χ2n) is 7.71. The Balaban J connectivity index is 0.00000341. The maximum absolute atomic E-state index is 12.6. The van der Waals surface area contributed by atoms with E-state index in [4.69, 9.17) is 9.73 Å². The lowest BCUT2D eigenvalue weighted by molar-refractivity contribution is -0.146. The molecule has 0 radical (unpaired) electrons. The number of halogens is 1. The molecule has 1 aromatic carbocycles. The van der Waals surface area contributed by atoms with Crippen LogP contribution in [0.2, 0.25) is 0 Å². The molecule has 2 aliphatic heterocycles. The van der Waals surface area contributed by atoms with Crippen LogP contribution in [0.1, 0.15) is 38.2 Å². The van der Waals surface area contributed by atoms with Gasteiger partial charge in [-0.3, -0.25) is 4.79 Å². The average Bonchev–Trinajstić information content (AvgIpc) is 3.32. The molecule has 0 aliphatic carbocycles. The van der Waals surface area contributed by atoms with Gasteiger partial charge in [0.05, 0.1) is 24.5 Å². The third-order valence-electron chi connectivity index (χ3n) is 5.70. The number of likely N-dealkylation sites (tertiary alicyclic amines) is 1. The molecular weight excluding hydrogens is 531 g/mol. The van der Waals surface area contributed by atoms with Gasteiger partial charge in [0.2, 0.25) is 10.0 Å². The van der Waals surface area contributed by atoms with Gasteiger partial charge in [0, 0.05) is 32.7 Å². The summed E-state index contributed by atoms with van der Waals surface area (Å²) in [5.41, 5.74) is 0.954. The van der Waals surface area contributed by atoms with Crippen molar-refractivity contribution in [3.63, 3.8) is 0 Å². The molecule has 10 heteroatoms. The fourth-order valence-corrected chi connectivity index (χ4v) is 5.45. The van der Waals surface area contributed by atoms with Gasteiger partial charge in [0.1, 0.15) is 0 Å². The zero-order valence-electron chi connectivity index (χ0n) is 18.2. The van der Waals surface area contributed by atoms with Gasteiger partial charge < -0.3 is 15.0 Å². The van der Waals surface area contributed by atoms with Crippen LogP contribution in [-0.2, 0) is 26.1 Å². The number of nitrogens with zero attached hydrogens (tertiary/aromatic N) is 3. The molecule has 0 unspecified atom stereocenters. The van der Waals surface area contributed by atoms with Crippen molar-refractivity contribution in [2.45, 2.75) is 44.0 Å². The van der Waals surface area contributed by atoms with Crippen molar-refractivity contribution in [3.8, 4) is 0 Å². The molecule has 1 aromatic rings. The lowest BCUT2D eigenvalue weighted by Crippen LogP contribution is -2.46. The number of rotatable bonds is 6. The Morgan fingerprint density at radius 1 is 1.13 bits per heavy atom. The molecule has 31 heavy (non-hydrogen) atoms. The largest absolute Gasteiger partial charge is 0.469 e. The first kappa shape index (κ1) is 25.9. The number of methoxy groups -OCH3 is 1. The van der Waals surface area contributed by atoms with Crippen molar-refractivity contribution < 1.29 is 17.9 Å². The summed E-state index contributed by atoms with van der Waals surface area (Å²) in [5, 5.41) is 3.31. The number of sulfonamides is 1. The lowest BCUT2D eigenvalue weighted by atomic mass is 9.97.